The van der Waals surface area contributed by atoms with E-state index in [9.17, 15) is 4.79 Å². The number of hydrogen-bond donors (Lipinski definition) is 1. The number of carbonyl (C=O) groups excluding carboxylic acids is 1. The summed E-state index contributed by atoms with van der Waals surface area (Å²) in [6, 6.07) is 20.2. The lowest BCUT2D eigenvalue weighted by Gasteiger charge is -2.28. The van der Waals surface area contributed by atoms with E-state index in [2.05, 4.69) is 37.1 Å². The quantitative estimate of drug-likeness (QED) is 0.685. The lowest BCUT2D eigenvalue weighted by atomic mass is 10.2. The number of primary amides is 1. The molecule has 3 heteroatoms. The molecular weight excluding hydrogens is 286 g/mol. The molecule has 0 aromatic heterocycles. The Balaban J connectivity index is 2.34. The van der Waals surface area contributed by atoms with Crippen molar-refractivity contribution in [1.82, 2.24) is 0 Å². The van der Waals surface area contributed by atoms with Crippen molar-refractivity contribution >= 4 is 19.2 Å². The normalized spacial score (nSPS) is 12.1. The third-order valence-corrected chi connectivity index (χ3v) is 7.87. The molecule has 0 bridgehead atoms. The molecular formula is C19H21NOSi. The monoisotopic (exact) mass is 307 g/mol. The van der Waals surface area contributed by atoms with E-state index in [0.717, 1.165) is 5.56 Å². The number of amides is 1. The number of hydrogen-bond acceptors (Lipinski definition) is 1. The fraction of sp³-hybridized carbons (Fsp3) is 0.211. The minimum atomic E-state index is -1.90. The van der Waals surface area contributed by atoms with E-state index in [-0.39, 0.29) is 11.4 Å². The molecule has 0 fully saturated rings. The second kappa shape index (κ2) is 7.10. The Bertz CT molecular complexity index is 684. The Morgan fingerprint density at radius 1 is 1.05 bits per heavy atom. The SMILES string of the molecule is C[Si](C)(c1ccccc1)[C@@H](C#Cc1ccccc1)CC(N)=O. The van der Waals surface area contributed by atoms with Crippen LogP contribution in [0.25, 0.3) is 0 Å². The molecule has 1 atom stereocenters. The second-order valence-corrected chi connectivity index (χ2v) is 10.7. The van der Waals surface area contributed by atoms with Crippen LogP contribution in [0.2, 0.25) is 18.6 Å². The molecule has 0 spiro atoms. The summed E-state index contributed by atoms with van der Waals surface area (Å²) in [4.78, 5) is 11.5. The van der Waals surface area contributed by atoms with Gasteiger partial charge in [-0.1, -0.05) is 78.7 Å². The highest BCUT2D eigenvalue weighted by molar-refractivity contribution is 6.91. The number of benzene rings is 2. The highest BCUT2D eigenvalue weighted by Crippen LogP contribution is 2.25. The van der Waals surface area contributed by atoms with Gasteiger partial charge in [0.05, 0.1) is 8.07 Å². The van der Waals surface area contributed by atoms with Gasteiger partial charge in [-0.2, -0.15) is 0 Å². The summed E-state index contributed by atoms with van der Waals surface area (Å²) >= 11 is 0. The van der Waals surface area contributed by atoms with E-state index >= 15 is 0 Å². The van der Waals surface area contributed by atoms with Crippen molar-refractivity contribution in [1.29, 1.82) is 0 Å². The van der Waals surface area contributed by atoms with Gasteiger partial charge in [-0.05, 0) is 12.1 Å². The molecule has 0 saturated heterocycles. The molecule has 0 heterocycles. The van der Waals surface area contributed by atoms with Crippen molar-refractivity contribution < 1.29 is 4.79 Å². The zero-order chi connectivity index (χ0) is 16.0. The maximum Gasteiger partial charge on any atom is 0.218 e. The molecule has 1 amide bonds. The van der Waals surface area contributed by atoms with Crippen LogP contribution >= 0.6 is 0 Å². The molecule has 2 N–H and O–H groups in total. The highest BCUT2D eigenvalue weighted by atomic mass is 28.3. The molecule has 0 aliphatic heterocycles. The van der Waals surface area contributed by atoms with Gasteiger partial charge in [0.25, 0.3) is 0 Å². The molecule has 112 valence electrons. The predicted octanol–water partition coefficient (Wildman–Crippen LogP) is 2.90. The summed E-state index contributed by atoms with van der Waals surface area (Å²) in [6.45, 7) is 4.49. The maximum absolute atomic E-state index is 11.5. The van der Waals surface area contributed by atoms with Crippen LogP contribution in [-0.2, 0) is 4.79 Å². The Morgan fingerprint density at radius 3 is 2.14 bits per heavy atom. The molecule has 2 aromatic carbocycles. The van der Waals surface area contributed by atoms with Gasteiger partial charge in [-0.25, -0.2) is 0 Å². The lowest BCUT2D eigenvalue weighted by molar-refractivity contribution is -0.117. The maximum atomic E-state index is 11.5. The van der Waals surface area contributed by atoms with Crippen molar-refractivity contribution in [2.45, 2.75) is 25.1 Å². The highest BCUT2D eigenvalue weighted by Gasteiger charge is 2.33. The van der Waals surface area contributed by atoms with E-state index < -0.39 is 8.07 Å². The van der Waals surface area contributed by atoms with Crippen LogP contribution in [0.1, 0.15) is 12.0 Å². The Labute approximate surface area is 133 Å². The smallest absolute Gasteiger partial charge is 0.218 e. The molecule has 22 heavy (non-hydrogen) atoms. The molecule has 0 radical (unpaired) electrons. The van der Waals surface area contributed by atoms with Gasteiger partial charge in [0.15, 0.2) is 0 Å². The Morgan fingerprint density at radius 2 is 1.59 bits per heavy atom. The number of nitrogens with two attached hydrogens (primary N) is 1. The van der Waals surface area contributed by atoms with Gasteiger partial charge >= 0.3 is 0 Å². The summed E-state index contributed by atoms with van der Waals surface area (Å²) in [6.07, 6.45) is 0.313. The fourth-order valence-electron chi connectivity index (χ4n) is 2.45. The zero-order valence-electron chi connectivity index (χ0n) is 13.0. The first-order chi connectivity index (χ1) is 10.5. The number of carbonyl (C=O) groups is 1. The molecule has 2 nitrogen and oxygen atoms in total. The summed E-state index contributed by atoms with van der Waals surface area (Å²) in [7, 11) is -1.90. The minimum Gasteiger partial charge on any atom is -0.370 e. The van der Waals surface area contributed by atoms with Crippen LogP contribution in [-0.4, -0.2) is 14.0 Å². The Hall–Kier alpha value is -2.31. The van der Waals surface area contributed by atoms with E-state index in [1.54, 1.807) is 0 Å². The first kappa shape index (κ1) is 16.1. The summed E-state index contributed by atoms with van der Waals surface area (Å²) < 4.78 is 0. The largest absolute Gasteiger partial charge is 0.370 e. The third kappa shape index (κ3) is 4.09. The van der Waals surface area contributed by atoms with Gasteiger partial charge in [-0.15, -0.1) is 0 Å². The van der Waals surface area contributed by atoms with Gasteiger partial charge in [0.1, 0.15) is 0 Å². The summed E-state index contributed by atoms with van der Waals surface area (Å²) in [5.41, 5.74) is 6.43. The van der Waals surface area contributed by atoms with Crippen molar-refractivity contribution in [3.63, 3.8) is 0 Å². The van der Waals surface area contributed by atoms with Crippen LogP contribution in [0.3, 0.4) is 0 Å². The predicted molar refractivity (Wildman–Crippen MR) is 94.4 cm³/mol. The molecule has 0 aliphatic carbocycles. The van der Waals surface area contributed by atoms with Crippen LogP contribution in [0, 0.1) is 11.8 Å². The standard InChI is InChI=1S/C19H21NOSi/c1-22(2,17-11-7-4-8-12-17)18(15-19(20)21)14-13-16-9-5-3-6-10-16/h3-12,18H,15H2,1-2H3,(H2,20,21)/t18-/m0/s1. The first-order valence-electron chi connectivity index (χ1n) is 7.40. The number of rotatable bonds is 4. The fourth-order valence-corrected chi connectivity index (χ4v) is 5.05. The summed E-state index contributed by atoms with van der Waals surface area (Å²) in [5, 5.41) is 1.30. The average molecular weight is 307 g/mol. The topological polar surface area (TPSA) is 43.1 Å². The third-order valence-electron chi connectivity index (χ3n) is 3.96. The average Bonchev–Trinajstić information content (AvgIpc) is 2.53. The van der Waals surface area contributed by atoms with Gasteiger partial charge in [0.2, 0.25) is 5.91 Å². The second-order valence-electron chi connectivity index (χ2n) is 5.95. The van der Waals surface area contributed by atoms with E-state index in [1.807, 2.05) is 48.5 Å². The molecule has 2 rings (SSSR count). The Kier molecular flexibility index (Phi) is 5.19. The first-order valence-corrected chi connectivity index (χ1v) is 10.5. The zero-order valence-corrected chi connectivity index (χ0v) is 14.0. The van der Waals surface area contributed by atoms with Crippen molar-refractivity contribution in [3.8, 4) is 11.8 Å². The van der Waals surface area contributed by atoms with Crippen molar-refractivity contribution in [3.05, 3.63) is 66.2 Å². The minimum absolute atomic E-state index is 0.00704. The van der Waals surface area contributed by atoms with E-state index in [0.29, 0.717) is 6.42 Å². The van der Waals surface area contributed by atoms with Crippen molar-refractivity contribution in [2.75, 3.05) is 0 Å². The molecule has 0 aliphatic rings. The van der Waals surface area contributed by atoms with Gasteiger partial charge in [0, 0.05) is 17.5 Å². The van der Waals surface area contributed by atoms with E-state index in [1.165, 1.54) is 5.19 Å². The molecule has 0 unspecified atom stereocenters. The summed E-state index contributed by atoms with van der Waals surface area (Å²) in [5.74, 6) is 6.23. The van der Waals surface area contributed by atoms with Gasteiger partial charge in [-0.3, -0.25) is 4.79 Å². The molecule has 2 aromatic rings. The van der Waals surface area contributed by atoms with Crippen LogP contribution in [0.15, 0.2) is 60.7 Å². The van der Waals surface area contributed by atoms with Gasteiger partial charge < -0.3 is 5.73 Å². The van der Waals surface area contributed by atoms with E-state index in [4.69, 9.17) is 5.73 Å². The lowest BCUT2D eigenvalue weighted by Crippen LogP contribution is -2.46. The van der Waals surface area contributed by atoms with Crippen molar-refractivity contribution in [2.24, 2.45) is 5.73 Å². The van der Waals surface area contributed by atoms with Crippen LogP contribution in [0.5, 0.6) is 0 Å². The molecule has 0 saturated carbocycles. The van der Waals surface area contributed by atoms with Crippen LogP contribution in [0.4, 0.5) is 0 Å². The van der Waals surface area contributed by atoms with Crippen LogP contribution < -0.4 is 10.9 Å².